The quantitative estimate of drug-likeness (QED) is 0.850. The third kappa shape index (κ3) is 4.70. The molecular weight excluding hydrogens is 314 g/mol. The molecule has 5 nitrogen and oxygen atoms in total. The number of aromatic nitrogens is 2. The number of aromatic amines is 1. The number of benzene rings is 1. The van der Waals surface area contributed by atoms with Crippen molar-refractivity contribution in [2.75, 3.05) is 26.9 Å². The molecule has 2 N–H and O–H groups in total. The molecule has 126 valence electrons. The highest BCUT2D eigenvalue weighted by Crippen LogP contribution is 2.25. The van der Waals surface area contributed by atoms with Crippen LogP contribution in [0, 0.1) is 5.92 Å². The topological polar surface area (TPSA) is 59.2 Å². The first kappa shape index (κ1) is 17.8. The Morgan fingerprint density at radius 3 is 3.13 bits per heavy atom. The lowest BCUT2D eigenvalue weighted by Crippen LogP contribution is -2.28. The fraction of sp³-hybridized carbons (Fsp3) is 0.471. The number of halogens is 1. The van der Waals surface area contributed by atoms with Gasteiger partial charge in [0.2, 0.25) is 0 Å². The van der Waals surface area contributed by atoms with Gasteiger partial charge in [0.1, 0.15) is 5.75 Å². The van der Waals surface area contributed by atoms with Crippen LogP contribution < -0.4 is 10.1 Å². The van der Waals surface area contributed by atoms with Gasteiger partial charge in [0, 0.05) is 30.8 Å². The van der Waals surface area contributed by atoms with Gasteiger partial charge in [-0.05, 0) is 30.9 Å². The van der Waals surface area contributed by atoms with Crippen LogP contribution in [0.4, 0.5) is 0 Å². The highest BCUT2D eigenvalue weighted by Gasteiger charge is 2.14. The van der Waals surface area contributed by atoms with Crippen molar-refractivity contribution in [2.45, 2.75) is 19.4 Å². The lowest BCUT2D eigenvalue weighted by molar-refractivity contribution is 0.0547. The van der Waals surface area contributed by atoms with Crippen molar-refractivity contribution < 1.29 is 9.47 Å². The van der Waals surface area contributed by atoms with Crippen LogP contribution in [0.3, 0.4) is 0 Å². The van der Waals surface area contributed by atoms with E-state index in [-0.39, 0.29) is 12.4 Å². The normalized spacial score (nSPS) is 17.5. The molecule has 1 unspecified atom stereocenters. The van der Waals surface area contributed by atoms with Gasteiger partial charge in [0.15, 0.2) is 0 Å². The SMILES string of the molecule is COc1cccc(-c2[nH]ncc2CNCC2CCCOC2)c1.Cl. The Bertz CT molecular complexity index is 597. The molecular formula is C17H24ClN3O2. The van der Waals surface area contributed by atoms with Crippen LogP contribution in [0.1, 0.15) is 18.4 Å². The molecule has 0 bridgehead atoms. The molecule has 6 heteroatoms. The molecule has 2 heterocycles. The molecule has 1 aliphatic rings. The van der Waals surface area contributed by atoms with E-state index in [0.717, 1.165) is 43.3 Å². The third-order valence-electron chi connectivity index (χ3n) is 4.08. The standard InChI is InChI=1S/C17H23N3O2.ClH/c1-21-16-6-2-5-14(8-16)17-15(11-19-20-17)10-18-9-13-4-3-7-22-12-13;/h2,5-6,8,11,13,18H,3-4,7,9-10,12H2,1H3,(H,19,20);1H. The summed E-state index contributed by atoms with van der Waals surface area (Å²) in [5.41, 5.74) is 3.31. The van der Waals surface area contributed by atoms with Gasteiger partial charge >= 0.3 is 0 Å². The molecule has 1 aromatic heterocycles. The molecule has 2 aromatic rings. The van der Waals surface area contributed by atoms with Crippen molar-refractivity contribution in [2.24, 2.45) is 5.92 Å². The highest BCUT2D eigenvalue weighted by molar-refractivity contribution is 5.85. The van der Waals surface area contributed by atoms with Gasteiger partial charge < -0.3 is 14.8 Å². The average molecular weight is 338 g/mol. The fourth-order valence-corrected chi connectivity index (χ4v) is 2.85. The summed E-state index contributed by atoms with van der Waals surface area (Å²) >= 11 is 0. The first-order valence-corrected chi connectivity index (χ1v) is 7.82. The lowest BCUT2D eigenvalue weighted by atomic mass is 10.0. The molecule has 0 aliphatic carbocycles. The zero-order valence-electron chi connectivity index (χ0n) is 13.4. The third-order valence-corrected chi connectivity index (χ3v) is 4.08. The number of rotatable bonds is 6. The Labute approximate surface area is 143 Å². The van der Waals surface area contributed by atoms with E-state index in [0.29, 0.717) is 5.92 Å². The van der Waals surface area contributed by atoms with Gasteiger partial charge in [-0.1, -0.05) is 12.1 Å². The van der Waals surface area contributed by atoms with Crippen molar-refractivity contribution in [3.8, 4) is 17.0 Å². The second-order valence-electron chi connectivity index (χ2n) is 5.72. The first-order valence-electron chi connectivity index (χ1n) is 7.82. The number of nitrogens with one attached hydrogen (secondary N) is 2. The highest BCUT2D eigenvalue weighted by atomic mass is 35.5. The molecule has 1 aromatic carbocycles. The second kappa shape index (κ2) is 8.91. The van der Waals surface area contributed by atoms with Crippen molar-refractivity contribution in [3.63, 3.8) is 0 Å². The molecule has 3 rings (SSSR count). The van der Waals surface area contributed by atoms with E-state index in [2.05, 4.69) is 21.6 Å². The zero-order valence-corrected chi connectivity index (χ0v) is 14.2. The summed E-state index contributed by atoms with van der Waals surface area (Å²) in [6, 6.07) is 8.02. The minimum absolute atomic E-state index is 0. The molecule has 0 radical (unpaired) electrons. The zero-order chi connectivity index (χ0) is 15.2. The summed E-state index contributed by atoms with van der Waals surface area (Å²) in [5.74, 6) is 1.48. The molecule has 0 spiro atoms. The molecule has 1 saturated heterocycles. The second-order valence-corrected chi connectivity index (χ2v) is 5.72. The maximum Gasteiger partial charge on any atom is 0.119 e. The maximum atomic E-state index is 5.52. The number of hydrogen-bond acceptors (Lipinski definition) is 4. The minimum atomic E-state index is 0. The van der Waals surface area contributed by atoms with E-state index in [1.165, 1.54) is 18.4 Å². The van der Waals surface area contributed by atoms with Crippen LogP contribution in [0.15, 0.2) is 30.5 Å². The maximum absolute atomic E-state index is 5.52. The number of nitrogens with zero attached hydrogens (tertiary/aromatic N) is 1. The number of ether oxygens (including phenoxy) is 2. The minimum Gasteiger partial charge on any atom is -0.497 e. The van der Waals surface area contributed by atoms with E-state index in [4.69, 9.17) is 9.47 Å². The monoisotopic (exact) mass is 337 g/mol. The molecule has 23 heavy (non-hydrogen) atoms. The Morgan fingerprint density at radius 2 is 2.35 bits per heavy atom. The Balaban J connectivity index is 0.00000192. The number of methoxy groups -OCH3 is 1. The molecule has 1 fully saturated rings. The summed E-state index contributed by atoms with van der Waals surface area (Å²) in [5, 5.41) is 10.8. The van der Waals surface area contributed by atoms with E-state index in [1.807, 2.05) is 24.4 Å². The van der Waals surface area contributed by atoms with E-state index in [9.17, 15) is 0 Å². The Kier molecular flexibility index (Phi) is 6.89. The number of H-pyrrole nitrogens is 1. The van der Waals surface area contributed by atoms with Crippen LogP contribution in [-0.2, 0) is 11.3 Å². The van der Waals surface area contributed by atoms with E-state index < -0.39 is 0 Å². The average Bonchev–Trinajstić information content (AvgIpc) is 3.04. The van der Waals surface area contributed by atoms with Gasteiger partial charge in [-0.15, -0.1) is 12.4 Å². The molecule has 1 aliphatic heterocycles. The lowest BCUT2D eigenvalue weighted by Gasteiger charge is -2.22. The van der Waals surface area contributed by atoms with Crippen LogP contribution in [0.5, 0.6) is 5.75 Å². The van der Waals surface area contributed by atoms with Gasteiger partial charge in [-0.2, -0.15) is 5.10 Å². The fourth-order valence-electron chi connectivity index (χ4n) is 2.85. The predicted octanol–water partition coefficient (Wildman–Crippen LogP) is 3.02. The van der Waals surface area contributed by atoms with Crippen LogP contribution in [0.25, 0.3) is 11.3 Å². The van der Waals surface area contributed by atoms with Crippen LogP contribution in [-0.4, -0.2) is 37.1 Å². The first-order chi connectivity index (χ1) is 10.9. The van der Waals surface area contributed by atoms with Crippen LogP contribution in [0.2, 0.25) is 0 Å². The largest absolute Gasteiger partial charge is 0.497 e. The van der Waals surface area contributed by atoms with E-state index in [1.54, 1.807) is 7.11 Å². The van der Waals surface area contributed by atoms with Crippen LogP contribution >= 0.6 is 12.4 Å². The summed E-state index contributed by atoms with van der Waals surface area (Å²) in [4.78, 5) is 0. The van der Waals surface area contributed by atoms with Crippen molar-refractivity contribution in [1.82, 2.24) is 15.5 Å². The van der Waals surface area contributed by atoms with Gasteiger partial charge in [0.05, 0.1) is 25.6 Å². The Hall–Kier alpha value is -1.56. The molecule has 0 amide bonds. The number of hydrogen-bond donors (Lipinski definition) is 2. The van der Waals surface area contributed by atoms with Crippen molar-refractivity contribution in [3.05, 3.63) is 36.0 Å². The summed E-state index contributed by atoms with van der Waals surface area (Å²) in [6.45, 7) is 3.58. The predicted molar refractivity (Wildman–Crippen MR) is 93.1 cm³/mol. The molecule has 0 saturated carbocycles. The van der Waals surface area contributed by atoms with Gasteiger partial charge in [-0.25, -0.2) is 0 Å². The van der Waals surface area contributed by atoms with Crippen molar-refractivity contribution in [1.29, 1.82) is 0 Å². The summed E-state index contributed by atoms with van der Waals surface area (Å²) in [7, 11) is 1.68. The van der Waals surface area contributed by atoms with Gasteiger partial charge in [-0.3, -0.25) is 5.10 Å². The molecule has 1 atom stereocenters. The Morgan fingerprint density at radius 1 is 1.43 bits per heavy atom. The van der Waals surface area contributed by atoms with Gasteiger partial charge in [0.25, 0.3) is 0 Å². The van der Waals surface area contributed by atoms with Crippen molar-refractivity contribution >= 4 is 12.4 Å². The summed E-state index contributed by atoms with van der Waals surface area (Å²) < 4.78 is 10.8. The summed E-state index contributed by atoms with van der Waals surface area (Å²) in [6.07, 6.45) is 4.31. The smallest absolute Gasteiger partial charge is 0.119 e. The van der Waals surface area contributed by atoms with E-state index >= 15 is 0 Å².